The number of aryl methyl sites for hydroxylation is 1. The molecule has 21 heavy (non-hydrogen) atoms. The lowest BCUT2D eigenvalue weighted by Crippen LogP contribution is -2.38. The van der Waals surface area contributed by atoms with E-state index in [9.17, 15) is 15.0 Å². The van der Waals surface area contributed by atoms with Crippen LogP contribution in [-0.4, -0.2) is 22.2 Å². The maximum Gasteiger partial charge on any atom is 0.255 e. The standard InChI is InChI=1S/C17H17NO3/c19-14-7-8-16(20)15(10-14)17(21)18-13-6-5-11-3-1-2-4-12(11)9-13/h1-4,7-8,10,13,19-20H,5-6,9H2,(H,18,21). The van der Waals surface area contributed by atoms with Gasteiger partial charge in [-0.05, 0) is 48.6 Å². The van der Waals surface area contributed by atoms with E-state index in [1.165, 1.54) is 29.3 Å². The van der Waals surface area contributed by atoms with Gasteiger partial charge in [0.05, 0.1) is 5.56 Å². The van der Waals surface area contributed by atoms with Crippen molar-refractivity contribution in [2.24, 2.45) is 0 Å². The highest BCUT2D eigenvalue weighted by atomic mass is 16.3. The Morgan fingerprint density at radius 1 is 1.10 bits per heavy atom. The van der Waals surface area contributed by atoms with Crippen molar-refractivity contribution in [3.8, 4) is 11.5 Å². The number of rotatable bonds is 2. The van der Waals surface area contributed by atoms with Gasteiger partial charge in [0.25, 0.3) is 5.91 Å². The van der Waals surface area contributed by atoms with Gasteiger partial charge in [-0.15, -0.1) is 0 Å². The minimum atomic E-state index is -0.354. The molecule has 0 saturated carbocycles. The SMILES string of the molecule is O=C(NC1CCc2ccccc2C1)c1cc(O)ccc1O. The van der Waals surface area contributed by atoms with Crippen molar-refractivity contribution in [3.63, 3.8) is 0 Å². The number of hydrogen-bond acceptors (Lipinski definition) is 3. The summed E-state index contributed by atoms with van der Waals surface area (Å²) in [6.07, 6.45) is 2.61. The zero-order valence-corrected chi connectivity index (χ0v) is 11.5. The monoisotopic (exact) mass is 283 g/mol. The molecule has 2 aromatic carbocycles. The van der Waals surface area contributed by atoms with E-state index >= 15 is 0 Å². The van der Waals surface area contributed by atoms with Gasteiger partial charge in [0.15, 0.2) is 0 Å². The topological polar surface area (TPSA) is 69.6 Å². The molecule has 2 aromatic rings. The fraction of sp³-hybridized carbons (Fsp3) is 0.235. The first-order chi connectivity index (χ1) is 10.1. The molecule has 108 valence electrons. The highest BCUT2D eigenvalue weighted by molar-refractivity contribution is 5.97. The Balaban J connectivity index is 1.73. The van der Waals surface area contributed by atoms with E-state index in [0.717, 1.165) is 19.3 Å². The summed E-state index contributed by atoms with van der Waals surface area (Å²) in [4.78, 5) is 12.2. The van der Waals surface area contributed by atoms with E-state index in [-0.39, 0.29) is 29.0 Å². The van der Waals surface area contributed by atoms with Crippen LogP contribution in [0.2, 0.25) is 0 Å². The number of carbonyl (C=O) groups excluding carboxylic acids is 1. The van der Waals surface area contributed by atoms with Crippen LogP contribution in [-0.2, 0) is 12.8 Å². The smallest absolute Gasteiger partial charge is 0.255 e. The first-order valence-electron chi connectivity index (χ1n) is 7.03. The highest BCUT2D eigenvalue weighted by Gasteiger charge is 2.21. The Morgan fingerprint density at radius 3 is 2.67 bits per heavy atom. The van der Waals surface area contributed by atoms with Crippen LogP contribution in [0.3, 0.4) is 0 Å². The Labute approximate surface area is 123 Å². The molecule has 0 saturated heterocycles. The summed E-state index contributed by atoms with van der Waals surface area (Å²) in [6.45, 7) is 0. The van der Waals surface area contributed by atoms with Gasteiger partial charge in [-0.1, -0.05) is 24.3 Å². The van der Waals surface area contributed by atoms with Crippen LogP contribution in [0.4, 0.5) is 0 Å². The summed E-state index contributed by atoms with van der Waals surface area (Å²) in [6, 6.07) is 12.2. The van der Waals surface area contributed by atoms with Crippen LogP contribution in [0.1, 0.15) is 27.9 Å². The van der Waals surface area contributed by atoms with E-state index in [4.69, 9.17) is 0 Å². The van der Waals surface area contributed by atoms with Gasteiger partial charge in [0.1, 0.15) is 11.5 Å². The number of amides is 1. The van der Waals surface area contributed by atoms with Crippen molar-refractivity contribution in [2.75, 3.05) is 0 Å². The van der Waals surface area contributed by atoms with Gasteiger partial charge in [0.2, 0.25) is 0 Å². The van der Waals surface area contributed by atoms with E-state index in [0.29, 0.717) is 0 Å². The molecule has 0 radical (unpaired) electrons. The van der Waals surface area contributed by atoms with Crippen LogP contribution in [0.5, 0.6) is 11.5 Å². The Kier molecular flexibility index (Phi) is 3.52. The largest absolute Gasteiger partial charge is 0.508 e. The van der Waals surface area contributed by atoms with Gasteiger partial charge in [-0.3, -0.25) is 4.79 Å². The first-order valence-corrected chi connectivity index (χ1v) is 7.03. The molecule has 0 spiro atoms. The van der Waals surface area contributed by atoms with Crippen molar-refractivity contribution >= 4 is 5.91 Å². The van der Waals surface area contributed by atoms with E-state index in [1.54, 1.807) is 0 Å². The second kappa shape index (κ2) is 5.48. The number of fused-ring (bicyclic) bond motifs is 1. The summed E-state index contributed by atoms with van der Waals surface area (Å²) in [5.41, 5.74) is 2.70. The molecule has 0 aliphatic heterocycles. The number of aromatic hydroxyl groups is 2. The highest BCUT2D eigenvalue weighted by Crippen LogP contribution is 2.24. The van der Waals surface area contributed by atoms with Crippen LogP contribution in [0.25, 0.3) is 0 Å². The Hall–Kier alpha value is -2.49. The molecule has 4 heteroatoms. The minimum absolute atomic E-state index is 0.0352. The molecule has 3 N–H and O–H groups in total. The van der Waals surface area contributed by atoms with Gasteiger partial charge in [-0.25, -0.2) is 0 Å². The lowest BCUT2D eigenvalue weighted by Gasteiger charge is -2.25. The summed E-state index contributed by atoms with van der Waals surface area (Å²) in [5, 5.41) is 22.1. The van der Waals surface area contributed by atoms with Gasteiger partial charge in [-0.2, -0.15) is 0 Å². The molecule has 4 nitrogen and oxygen atoms in total. The van der Waals surface area contributed by atoms with Crippen molar-refractivity contribution in [1.29, 1.82) is 0 Å². The number of benzene rings is 2. The van der Waals surface area contributed by atoms with Crippen molar-refractivity contribution in [1.82, 2.24) is 5.32 Å². The van der Waals surface area contributed by atoms with Crippen molar-refractivity contribution in [2.45, 2.75) is 25.3 Å². The van der Waals surface area contributed by atoms with Crippen LogP contribution in [0, 0.1) is 0 Å². The zero-order chi connectivity index (χ0) is 14.8. The van der Waals surface area contributed by atoms with Crippen molar-refractivity contribution < 1.29 is 15.0 Å². The minimum Gasteiger partial charge on any atom is -0.508 e. The molecule has 1 aliphatic rings. The molecule has 0 aromatic heterocycles. The lowest BCUT2D eigenvalue weighted by molar-refractivity contribution is 0.0930. The maximum atomic E-state index is 12.2. The third-order valence-electron chi connectivity index (χ3n) is 3.91. The van der Waals surface area contributed by atoms with Gasteiger partial charge >= 0.3 is 0 Å². The van der Waals surface area contributed by atoms with Gasteiger partial charge < -0.3 is 15.5 Å². The second-order valence-corrected chi connectivity index (χ2v) is 5.38. The number of hydrogen-bond donors (Lipinski definition) is 3. The molecule has 1 unspecified atom stereocenters. The second-order valence-electron chi connectivity index (χ2n) is 5.38. The molecule has 3 rings (SSSR count). The number of phenolic OH excluding ortho intramolecular Hbond substituents is 2. The van der Waals surface area contributed by atoms with Crippen molar-refractivity contribution in [3.05, 3.63) is 59.2 Å². The van der Waals surface area contributed by atoms with E-state index in [2.05, 4.69) is 17.4 Å². The number of carbonyl (C=O) groups is 1. The molecule has 0 fully saturated rings. The average molecular weight is 283 g/mol. The molecule has 0 bridgehead atoms. The Morgan fingerprint density at radius 2 is 1.86 bits per heavy atom. The molecule has 1 amide bonds. The number of nitrogens with one attached hydrogen (secondary N) is 1. The summed E-state index contributed by atoms with van der Waals surface area (Å²) < 4.78 is 0. The van der Waals surface area contributed by atoms with E-state index < -0.39 is 0 Å². The Bertz CT molecular complexity index is 681. The first kappa shape index (κ1) is 13.5. The van der Waals surface area contributed by atoms with Crippen LogP contribution < -0.4 is 5.32 Å². The fourth-order valence-corrected chi connectivity index (χ4v) is 2.79. The zero-order valence-electron chi connectivity index (χ0n) is 11.5. The lowest BCUT2D eigenvalue weighted by atomic mass is 9.88. The summed E-state index contributed by atoms with van der Waals surface area (Å²) in [5.74, 6) is -0.513. The molecule has 1 atom stereocenters. The summed E-state index contributed by atoms with van der Waals surface area (Å²) >= 11 is 0. The molecular formula is C17H17NO3. The number of phenols is 2. The maximum absolute atomic E-state index is 12.2. The van der Waals surface area contributed by atoms with Gasteiger partial charge in [0, 0.05) is 6.04 Å². The fourth-order valence-electron chi connectivity index (χ4n) is 2.79. The van der Waals surface area contributed by atoms with Crippen LogP contribution >= 0.6 is 0 Å². The van der Waals surface area contributed by atoms with E-state index in [1.807, 2.05) is 12.1 Å². The normalized spacial score (nSPS) is 17.0. The summed E-state index contributed by atoms with van der Waals surface area (Å²) in [7, 11) is 0. The van der Waals surface area contributed by atoms with Crippen LogP contribution in [0.15, 0.2) is 42.5 Å². The molecule has 0 heterocycles. The quantitative estimate of drug-likeness (QED) is 0.741. The molecular weight excluding hydrogens is 266 g/mol. The molecule has 1 aliphatic carbocycles. The average Bonchev–Trinajstić information content (AvgIpc) is 2.49. The third kappa shape index (κ3) is 2.84. The predicted octanol–water partition coefficient (Wildman–Crippen LogP) is 2.39. The third-order valence-corrected chi connectivity index (χ3v) is 3.91. The predicted molar refractivity (Wildman–Crippen MR) is 79.5 cm³/mol.